The van der Waals surface area contributed by atoms with E-state index < -0.39 is 6.09 Å². The van der Waals surface area contributed by atoms with Gasteiger partial charge < -0.3 is 35.1 Å². The summed E-state index contributed by atoms with van der Waals surface area (Å²) in [6.07, 6.45) is 1.99. The first-order chi connectivity index (χ1) is 13.0. The highest BCUT2D eigenvalue weighted by atomic mass is 33.1. The van der Waals surface area contributed by atoms with Crippen LogP contribution in [-0.2, 0) is 18.9 Å². The van der Waals surface area contributed by atoms with E-state index in [0.717, 1.165) is 25.8 Å². The third-order valence-corrected chi connectivity index (χ3v) is 6.26. The molecule has 162 valence electrons. The monoisotopic (exact) mass is 429 g/mol. The summed E-state index contributed by atoms with van der Waals surface area (Å²) < 4.78 is 21.2. The molecule has 0 aliphatic heterocycles. The Kier molecular flexibility index (Phi) is 18.9. The minimum atomic E-state index is -0.424. The van der Waals surface area contributed by atoms with Crippen molar-refractivity contribution >= 4 is 27.7 Å². The number of hydrogen-bond acceptors (Lipinski definition) is 8. The molecule has 0 fully saturated rings. The summed E-state index contributed by atoms with van der Waals surface area (Å²) in [6.45, 7) is 8.75. The van der Waals surface area contributed by atoms with Gasteiger partial charge in [-0.3, -0.25) is 0 Å². The van der Waals surface area contributed by atoms with Gasteiger partial charge in [0.25, 0.3) is 0 Å². The molecule has 0 radical (unpaired) electrons. The fourth-order valence-corrected chi connectivity index (χ4v) is 4.00. The van der Waals surface area contributed by atoms with Gasteiger partial charge in [-0.25, -0.2) is 4.79 Å². The molecule has 0 rings (SSSR count). The maximum Gasteiger partial charge on any atom is 0.407 e. The van der Waals surface area contributed by atoms with Crippen LogP contribution in [0.4, 0.5) is 4.79 Å². The SMILES string of the molecule is CC(C)(CCOC(=O)NCCOCCOCC[NH3+])SSCOCCCCO. The first-order valence-electron chi connectivity index (χ1n) is 9.36. The lowest BCUT2D eigenvalue weighted by Gasteiger charge is -2.22. The number of aliphatic hydroxyl groups is 1. The van der Waals surface area contributed by atoms with Crippen molar-refractivity contribution in [3.63, 3.8) is 0 Å². The molecule has 0 saturated heterocycles. The summed E-state index contributed by atoms with van der Waals surface area (Å²) in [5.74, 6) is 0.612. The lowest BCUT2D eigenvalue weighted by molar-refractivity contribution is -0.374. The summed E-state index contributed by atoms with van der Waals surface area (Å²) in [4.78, 5) is 11.6. The molecule has 0 unspecified atom stereocenters. The van der Waals surface area contributed by atoms with Gasteiger partial charge in [0.05, 0.1) is 39.6 Å². The molecule has 0 aromatic heterocycles. The number of alkyl carbamates (subject to hydrolysis) is 1. The minimum absolute atomic E-state index is 0.0173. The highest BCUT2D eigenvalue weighted by molar-refractivity contribution is 8.77. The third kappa shape index (κ3) is 20.3. The lowest BCUT2D eigenvalue weighted by atomic mass is 10.1. The largest absolute Gasteiger partial charge is 0.450 e. The average Bonchev–Trinajstić information content (AvgIpc) is 2.63. The van der Waals surface area contributed by atoms with E-state index in [1.807, 2.05) is 0 Å². The Bertz CT molecular complexity index is 351. The van der Waals surface area contributed by atoms with Gasteiger partial charge in [0.2, 0.25) is 0 Å². The second-order valence-corrected chi connectivity index (χ2v) is 9.26. The summed E-state index contributed by atoms with van der Waals surface area (Å²) >= 11 is 0. The Morgan fingerprint density at radius 3 is 2.48 bits per heavy atom. The van der Waals surface area contributed by atoms with Crippen molar-refractivity contribution in [1.29, 1.82) is 0 Å². The number of amides is 1. The van der Waals surface area contributed by atoms with Crippen molar-refractivity contribution in [2.45, 2.75) is 37.9 Å². The molecule has 0 atom stereocenters. The van der Waals surface area contributed by atoms with E-state index in [1.54, 1.807) is 21.6 Å². The standard InChI is InChI=1S/C17H36N2O6S2/c1-17(2,27-26-15-24-9-4-3-8-20)5-10-25-16(21)19-7-12-23-14-13-22-11-6-18/h20H,3-15,18H2,1-2H3,(H,19,21)/p+1. The smallest absolute Gasteiger partial charge is 0.407 e. The van der Waals surface area contributed by atoms with Crippen LogP contribution in [-0.4, -0.2) is 81.2 Å². The number of aliphatic hydroxyl groups excluding tert-OH is 1. The van der Waals surface area contributed by atoms with Crippen LogP contribution < -0.4 is 11.1 Å². The molecule has 0 aromatic rings. The molecular weight excluding hydrogens is 392 g/mol. The Hall–Kier alpha value is -0.230. The van der Waals surface area contributed by atoms with Crippen molar-refractivity contribution < 1.29 is 34.6 Å². The van der Waals surface area contributed by atoms with Crippen LogP contribution in [0.1, 0.15) is 33.1 Å². The molecule has 0 saturated carbocycles. The normalized spacial score (nSPS) is 11.6. The predicted octanol–water partition coefficient (Wildman–Crippen LogP) is 1.28. The molecule has 0 heterocycles. The van der Waals surface area contributed by atoms with E-state index in [2.05, 4.69) is 24.9 Å². The summed E-state index contributed by atoms with van der Waals surface area (Å²) in [6, 6.07) is 0. The fraction of sp³-hybridized carbons (Fsp3) is 0.941. The first kappa shape index (κ1) is 26.8. The molecule has 27 heavy (non-hydrogen) atoms. The lowest BCUT2D eigenvalue weighted by Crippen LogP contribution is -2.52. The molecule has 5 N–H and O–H groups in total. The summed E-state index contributed by atoms with van der Waals surface area (Å²) in [5.41, 5.74) is 3.68. The summed E-state index contributed by atoms with van der Waals surface area (Å²) in [5, 5.41) is 11.3. The molecule has 0 aromatic carbocycles. The molecule has 1 amide bonds. The van der Waals surface area contributed by atoms with Crippen LogP contribution in [0.15, 0.2) is 0 Å². The maximum absolute atomic E-state index is 11.6. The number of carbonyl (C=O) groups excluding carboxylic acids is 1. The quantitative estimate of drug-likeness (QED) is 0.160. The number of ether oxygens (including phenoxy) is 4. The molecule has 0 aliphatic rings. The third-order valence-electron chi connectivity index (χ3n) is 3.23. The fourth-order valence-electron chi connectivity index (χ4n) is 1.72. The van der Waals surface area contributed by atoms with Crippen molar-refractivity contribution in [3.8, 4) is 0 Å². The number of nitrogens with one attached hydrogen (secondary N) is 1. The van der Waals surface area contributed by atoms with E-state index in [1.165, 1.54) is 0 Å². The molecular formula is C17H37N2O6S2+. The van der Waals surface area contributed by atoms with Gasteiger partial charge in [0.1, 0.15) is 5.94 Å². The zero-order chi connectivity index (χ0) is 20.2. The first-order valence-corrected chi connectivity index (χ1v) is 11.7. The number of quaternary nitrogens is 1. The Morgan fingerprint density at radius 1 is 1.04 bits per heavy atom. The summed E-state index contributed by atoms with van der Waals surface area (Å²) in [7, 11) is 3.37. The molecule has 8 nitrogen and oxygen atoms in total. The number of hydrogen-bond donors (Lipinski definition) is 3. The van der Waals surface area contributed by atoms with E-state index in [0.29, 0.717) is 52.1 Å². The van der Waals surface area contributed by atoms with Crippen LogP contribution in [0.5, 0.6) is 0 Å². The zero-order valence-corrected chi connectivity index (χ0v) is 18.3. The average molecular weight is 430 g/mol. The van der Waals surface area contributed by atoms with E-state index >= 15 is 0 Å². The number of unbranched alkanes of at least 4 members (excludes halogenated alkanes) is 1. The van der Waals surface area contributed by atoms with Gasteiger partial charge in [0.15, 0.2) is 0 Å². The maximum atomic E-state index is 11.6. The van der Waals surface area contributed by atoms with E-state index in [4.69, 9.17) is 24.1 Å². The van der Waals surface area contributed by atoms with Crippen LogP contribution in [0.2, 0.25) is 0 Å². The molecule has 0 bridgehead atoms. The van der Waals surface area contributed by atoms with Crippen LogP contribution in [0.3, 0.4) is 0 Å². The highest BCUT2D eigenvalue weighted by Gasteiger charge is 2.19. The number of carbonyl (C=O) groups is 1. The predicted molar refractivity (Wildman–Crippen MR) is 110 cm³/mol. The molecule has 0 spiro atoms. The Labute approximate surface area is 171 Å². The Balaban J connectivity index is 3.49. The molecule has 0 aliphatic carbocycles. The van der Waals surface area contributed by atoms with Gasteiger partial charge in [-0.2, -0.15) is 0 Å². The van der Waals surface area contributed by atoms with Gasteiger partial charge >= 0.3 is 6.09 Å². The zero-order valence-electron chi connectivity index (χ0n) is 16.7. The van der Waals surface area contributed by atoms with Gasteiger partial charge in [-0.15, -0.1) is 0 Å². The van der Waals surface area contributed by atoms with Crippen LogP contribution in [0.25, 0.3) is 0 Å². The van der Waals surface area contributed by atoms with E-state index in [9.17, 15) is 4.79 Å². The van der Waals surface area contributed by atoms with Crippen molar-refractivity contribution in [3.05, 3.63) is 0 Å². The number of rotatable bonds is 19. The van der Waals surface area contributed by atoms with Crippen molar-refractivity contribution in [2.75, 3.05) is 65.3 Å². The van der Waals surface area contributed by atoms with Crippen LogP contribution in [0, 0.1) is 0 Å². The Morgan fingerprint density at radius 2 is 1.78 bits per heavy atom. The van der Waals surface area contributed by atoms with Gasteiger partial charge in [0, 0.05) is 24.5 Å². The van der Waals surface area contributed by atoms with Gasteiger partial charge in [-0.05, 0) is 33.1 Å². The molecule has 10 heteroatoms. The van der Waals surface area contributed by atoms with Crippen LogP contribution >= 0.6 is 21.6 Å². The van der Waals surface area contributed by atoms with E-state index in [-0.39, 0.29) is 11.4 Å². The second kappa shape index (κ2) is 19.1. The van der Waals surface area contributed by atoms with Gasteiger partial charge in [-0.1, -0.05) is 21.6 Å². The van der Waals surface area contributed by atoms with Crippen molar-refractivity contribution in [1.82, 2.24) is 5.32 Å². The minimum Gasteiger partial charge on any atom is -0.450 e. The second-order valence-electron chi connectivity index (χ2n) is 6.31. The topological polar surface area (TPSA) is 114 Å². The van der Waals surface area contributed by atoms with Crippen molar-refractivity contribution in [2.24, 2.45) is 0 Å². The highest BCUT2D eigenvalue weighted by Crippen LogP contribution is 2.37.